The fourth-order valence-corrected chi connectivity index (χ4v) is 1.93. The minimum atomic E-state index is -0.245. The van der Waals surface area contributed by atoms with E-state index in [0.29, 0.717) is 16.9 Å². The first-order valence-corrected chi connectivity index (χ1v) is 6.74. The van der Waals surface area contributed by atoms with Crippen LogP contribution in [0.2, 0.25) is 0 Å². The number of aliphatic hydroxyl groups excluding tert-OH is 1. The lowest BCUT2D eigenvalue weighted by molar-refractivity contribution is 0.104. The van der Waals surface area contributed by atoms with Crippen LogP contribution in [0.5, 0.6) is 5.75 Å². The first-order valence-electron chi connectivity index (χ1n) is 5.95. The molecule has 102 valence electrons. The van der Waals surface area contributed by atoms with Gasteiger partial charge in [-0.05, 0) is 48.5 Å². The molecule has 0 fully saturated rings. The maximum Gasteiger partial charge on any atom is 0.189 e. The second-order valence-electron chi connectivity index (χ2n) is 4.13. The van der Waals surface area contributed by atoms with Crippen LogP contribution >= 0.6 is 15.9 Å². The van der Waals surface area contributed by atoms with Crippen molar-refractivity contribution in [1.82, 2.24) is 0 Å². The summed E-state index contributed by atoms with van der Waals surface area (Å²) < 4.78 is 5.94. The van der Waals surface area contributed by atoms with Gasteiger partial charge in [0.15, 0.2) is 5.78 Å². The number of carbonyl (C=O) groups excluding carboxylic acids is 1. The number of carbonyl (C=O) groups is 1. The Morgan fingerprint density at radius 3 is 2.15 bits per heavy atom. The van der Waals surface area contributed by atoms with Crippen LogP contribution in [-0.4, -0.2) is 18.0 Å². The smallest absolute Gasteiger partial charge is 0.189 e. The zero-order valence-electron chi connectivity index (χ0n) is 10.8. The highest BCUT2D eigenvalue weighted by atomic mass is 79.9. The fraction of sp³-hybridized carbons (Fsp3) is 0.0625. The minimum Gasteiger partial charge on any atom is -0.507 e. The van der Waals surface area contributed by atoms with Crippen LogP contribution in [0.3, 0.4) is 0 Å². The molecule has 0 atom stereocenters. The summed E-state index contributed by atoms with van der Waals surface area (Å²) in [5.74, 6) is 0.382. The normalized spacial score (nSPS) is 11.2. The van der Waals surface area contributed by atoms with Gasteiger partial charge in [0, 0.05) is 21.7 Å². The average Bonchev–Trinajstić information content (AvgIpc) is 2.48. The number of hydrogen-bond donors (Lipinski definition) is 1. The Bertz CT molecular complexity index is 628. The van der Waals surface area contributed by atoms with Gasteiger partial charge < -0.3 is 9.84 Å². The fourth-order valence-electron chi connectivity index (χ4n) is 1.67. The number of methoxy groups -OCH3 is 1. The minimum absolute atomic E-state index is 0.0689. The van der Waals surface area contributed by atoms with Crippen LogP contribution in [0.4, 0.5) is 0 Å². The number of allylic oxidation sites excluding steroid dienone is 1. The zero-order valence-corrected chi connectivity index (χ0v) is 12.4. The van der Waals surface area contributed by atoms with Gasteiger partial charge in [0.25, 0.3) is 0 Å². The Labute approximate surface area is 125 Å². The summed E-state index contributed by atoms with van der Waals surface area (Å²) in [4.78, 5) is 12.0. The second-order valence-corrected chi connectivity index (χ2v) is 5.04. The molecule has 4 heteroatoms. The molecule has 0 heterocycles. The third-order valence-electron chi connectivity index (χ3n) is 2.78. The monoisotopic (exact) mass is 332 g/mol. The lowest BCUT2D eigenvalue weighted by Gasteiger charge is -2.03. The van der Waals surface area contributed by atoms with Crippen LogP contribution in [0.15, 0.2) is 59.1 Å². The van der Waals surface area contributed by atoms with Crippen molar-refractivity contribution in [2.75, 3.05) is 7.11 Å². The number of halogens is 1. The lowest BCUT2D eigenvalue weighted by atomic mass is 10.1. The standard InChI is InChI=1S/C16H13BrO3/c1-20-14-8-4-12(5-9-14)16(19)10-15(18)11-2-6-13(17)7-3-11/h2-10,19H,1H3/b16-10-. The van der Waals surface area contributed by atoms with E-state index < -0.39 is 0 Å². The molecular weight excluding hydrogens is 320 g/mol. The van der Waals surface area contributed by atoms with E-state index in [-0.39, 0.29) is 11.5 Å². The molecule has 20 heavy (non-hydrogen) atoms. The van der Waals surface area contributed by atoms with Gasteiger partial charge >= 0.3 is 0 Å². The van der Waals surface area contributed by atoms with Crippen LogP contribution in [0, 0.1) is 0 Å². The molecule has 3 nitrogen and oxygen atoms in total. The summed E-state index contributed by atoms with van der Waals surface area (Å²) in [6.45, 7) is 0. The molecule has 2 aromatic rings. The largest absolute Gasteiger partial charge is 0.507 e. The SMILES string of the molecule is COc1ccc(/C(O)=C/C(=O)c2ccc(Br)cc2)cc1. The first kappa shape index (κ1) is 14.3. The molecule has 0 amide bonds. The van der Waals surface area contributed by atoms with E-state index in [1.807, 2.05) is 0 Å². The van der Waals surface area contributed by atoms with Gasteiger partial charge in [0.2, 0.25) is 0 Å². The number of hydrogen-bond acceptors (Lipinski definition) is 3. The molecule has 0 spiro atoms. The molecule has 1 N–H and O–H groups in total. The summed E-state index contributed by atoms with van der Waals surface area (Å²) in [7, 11) is 1.57. The van der Waals surface area contributed by atoms with Crippen molar-refractivity contribution < 1.29 is 14.6 Å². The molecule has 0 bridgehead atoms. The number of ketones is 1. The van der Waals surface area contributed by atoms with E-state index in [2.05, 4.69) is 15.9 Å². The Hall–Kier alpha value is -2.07. The third-order valence-corrected chi connectivity index (χ3v) is 3.31. The van der Waals surface area contributed by atoms with Crippen LogP contribution in [0.1, 0.15) is 15.9 Å². The Morgan fingerprint density at radius 2 is 1.60 bits per heavy atom. The van der Waals surface area contributed by atoms with Crippen molar-refractivity contribution in [2.45, 2.75) is 0 Å². The van der Waals surface area contributed by atoms with Gasteiger partial charge in [-0.15, -0.1) is 0 Å². The molecule has 0 radical (unpaired) electrons. The van der Waals surface area contributed by atoms with Gasteiger partial charge in [0.1, 0.15) is 11.5 Å². The van der Waals surface area contributed by atoms with E-state index >= 15 is 0 Å². The number of aliphatic hydroxyl groups is 1. The number of ether oxygens (including phenoxy) is 1. The predicted octanol–water partition coefficient (Wildman–Crippen LogP) is 4.24. The Morgan fingerprint density at radius 1 is 1.05 bits per heavy atom. The van der Waals surface area contributed by atoms with Crippen LogP contribution < -0.4 is 4.74 Å². The highest BCUT2D eigenvalue weighted by molar-refractivity contribution is 9.10. The lowest BCUT2D eigenvalue weighted by Crippen LogP contribution is -1.96. The molecule has 0 aliphatic rings. The molecule has 0 saturated heterocycles. The summed E-state index contributed by atoms with van der Waals surface area (Å²) in [6, 6.07) is 13.8. The summed E-state index contributed by atoms with van der Waals surface area (Å²) in [5, 5.41) is 9.96. The van der Waals surface area contributed by atoms with E-state index in [1.54, 1.807) is 55.6 Å². The van der Waals surface area contributed by atoms with Gasteiger partial charge in [0.05, 0.1) is 7.11 Å². The molecule has 2 rings (SSSR count). The predicted molar refractivity (Wildman–Crippen MR) is 82.1 cm³/mol. The van der Waals surface area contributed by atoms with Gasteiger partial charge in [-0.2, -0.15) is 0 Å². The second kappa shape index (κ2) is 6.39. The molecule has 0 aromatic heterocycles. The zero-order chi connectivity index (χ0) is 14.5. The topological polar surface area (TPSA) is 46.5 Å². The van der Waals surface area contributed by atoms with Crippen LogP contribution in [-0.2, 0) is 0 Å². The summed E-state index contributed by atoms with van der Waals surface area (Å²) in [6.07, 6.45) is 1.21. The van der Waals surface area contributed by atoms with Crippen molar-refractivity contribution in [2.24, 2.45) is 0 Å². The highest BCUT2D eigenvalue weighted by Gasteiger charge is 2.06. The van der Waals surface area contributed by atoms with E-state index in [4.69, 9.17) is 4.74 Å². The van der Waals surface area contributed by atoms with Crippen molar-refractivity contribution in [3.8, 4) is 5.75 Å². The van der Waals surface area contributed by atoms with E-state index in [0.717, 1.165) is 4.47 Å². The van der Waals surface area contributed by atoms with Crippen molar-refractivity contribution in [3.05, 3.63) is 70.2 Å². The van der Waals surface area contributed by atoms with Crippen molar-refractivity contribution in [1.29, 1.82) is 0 Å². The van der Waals surface area contributed by atoms with Crippen LogP contribution in [0.25, 0.3) is 5.76 Å². The quantitative estimate of drug-likeness (QED) is 0.517. The maximum atomic E-state index is 12.0. The Balaban J connectivity index is 2.20. The van der Waals surface area contributed by atoms with Gasteiger partial charge in [-0.1, -0.05) is 15.9 Å². The third kappa shape index (κ3) is 3.48. The van der Waals surface area contributed by atoms with E-state index in [1.165, 1.54) is 6.08 Å². The number of benzene rings is 2. The molecule has 0 unspecified atom stereocenters. The average molecular weight is 333 g/mol. The Kier molecular flexibility index (Phi) is 4.58. The molecule has 0 aliphatic heterocycles. The highest BCUT2D eigenvalue weighted by Crippen LogP contribution is 2.18. The summed E-state index contributed by atoms with van der Waals surface area (Å²) in [5.41, 5.74) is 1.09. The first-order chi connectivity index (χ1) is 9.60. The maximum absolute atomic E-state index is 12.0. The van der Waals surface area contributed by atoms with Crippen molar-refractivity contribution >= 4 is 27.5 Å². The van der Waals surface area contributed by atoms with Crippen molar-refractivity contribution in [3.63, 3.8) is 0 Å². The molecular formula is C16H13BrO3. The van der Waals surface area contributed by atoms with E-state index in [9.17, 15) is 9.90 Å². The number of rotatable bonds is 4. The van der Waals surface area contributed by atoms with Gasteiger partial charge in [-0.3, -0.25) is 4.79 Å². The summed E-state index contributed by atoms with van der Waals surface area (Å²) >= 11 is 3.31. The molecule has 0 saturated carbocycles. The van der Waals surface area contributed by atoms with Gasteiger partial charge in [-0.25, -0.2) is 0 Å². The molecule has 0 aliphatic carbocycles. The molecule has 2 aromatic carbocycles.